The summed E-state index contributed by atoms with van der Waals surface area (Å²) in [4.78, 5) is 7.87. The Morgan fingerprint density at radius 1 is 0.429 bits per heavy atom. The Kier molecular flexibility index (Phi) is 15.5. The number of hydrogen-bond acceptors (Lipinski definition) is 5. The van der Waals surface area contributed by atoms with Crippen LogP contribution in [0.2, 0.25) is 0 Å². The van der Waals surface area contributed by atoms with E-state index in [1.54, 1.807) is 0 Å². The zero-order chi connectivity index (χ0) is 21.7. The van der Waals surface area contributed by atoms with Gasteiger partial charge in [0.2, 0.25) is 0 Å². The van der Waals surface area contributed by atoms with Crippen molar-refractivity contribution in [2.24, 2.45) is 0 Å². The van der Waals surface area contributed by atoms with Crippen molar-refractivity contribution in [2.45, 2.75) is 99.4 Å². The molecule has 0 atom stereocenters. The van der Waals surface area contributed by atoms with Crippen LogP contribution in [0.1, 0.15) is 69.2 Å². The fourth-order valence-electron chi connectivity index (χ4n) is 3.39. The molecular weight excluding hydrogens is 346 g/mol. The van der Waals surface area contributed by atoms with Gasteiger partial charge in [0.15, 0.2) is 0 Å². The summed E-state index contributed by atoms with van der Waals surface area (Å²) in [5.41, 5.74) is 0. The molecule has 0 rings (SSSR count). The second-order valence-electron chi connectivity index (χ2n) is 9.61. The molecule has 0 unspecified atom stereocenters. The van der Waals surface area contributed by atoms with E-state index in [1.807, 2.05) is 0 Å². The summed E-state index contributed by atoms with van der Waals surface area (Å²) in [6, 6.07) is 2.90. The van der Waals surface area contributed by atoms with Crippen LogP contribution in [0.4, 0.5) is 0 Å². The zero-order valence-corrected chi connectivity index (χ0v) is 20.9. The third-order valence-corrected chi connectivity index (χ3v) is 5.44. The van der Waals surface area contributed by atoms with E-state index in [4.69, 9.17) is 0 Å². The molecular formula is C23H53N5. The molecule has 0 bridgehead atoms. The van der Waals surface area contributed by atoms with Gasteiger partial charge in [0.05, 0.1) is 0 Å². The number of nitrogens with zero attached hydrogens (tertiary/aromatic N) is 3. The molecule has 0 heterocycles. The minimum Gasteiger partial charge on any atom is -0.313 e. The number of hydrogen-bond donors (Lipinski definition) is 2. The molecule has 0 aromatic carbocycles. The third-order valence-electron chi connectivity index (χ3n) is 5.44. The maximum absolute atomic E-state index is 3.55. The Morgan fingerprint density at radius 3 is 0.893 bits per heavy atom. The summed E-state index contributed by atoms with van der Waals surface area (Å²) >= 11 is 0. The molecule has 0 aliphatic carbocycles. The second-order valence-corrected chi connectivity index (χ2v) is 9.61. The van der Waals surface area contributed by atoms with Crippen LogP contribution >= 0.6 is 0 Å². The molecule has 0 saturated heterocycles. The highest BCUT2D eigenvalue weighted by molar-refractivity contribution is 4.73. The van der Waals surface area contributed by atoms with E-state index in [-0.39, 0.29) is 0 Å². The minimum absolute atomic E-state index is 0.563. The molecule has 28 heavy (non-hydrogen) atoms. The minimum atomic E-state index is 0.563. The topological polar surface area (TPSA) is 33.8 Å². The largest absolute Gasteiger partial charge is 0.313 e. The van der Waals surface area contributed by atoms with Crippen LogP contribution in [0.25, 0.3) is 0 Å². The maximum Gasteiger partial charge on any atom is 0.0113 e. The monoisotopic (exact) mass is 399 g/mol. The van der Waals surface area contributed by atoms with Gasteiger partial charge in [-0.15, -0.1) is 0 Å². The van der Waals surface area contributed by atoms with Crippen LogP contribution < -0.4 is 10.6 Å². The Morgan fingerprint density at radius 2 is 0.679 bits per heavy atom. The molecule has 0 aliphatic rings. The van der Waals surface area contributed by atoms with Crippen molar-refractivity contribution < 1.29 is 0 Å². The van der Waals surface area contributed by atoms with E-state index >= 15 is 0 Å². The van der Waals surface area contributed by atoms with Crippen molar-refractivity contribution in [2.75, 3.05) is 52.4 Å². The lowest BCUT2D eigenvalue weighted by molar-refractivity contribution is 0.128. The smallest absolute Gasteiger partial charge is 0.0113 e. The summed E-state index contributed by atoms with van der Waals surface area (Å²) in [5, 5.41) is 7.11. The summed E-state index contributed by atoms with van der Waals surface area (Å²) in [7, 11) is 0. The van der Waals surface area contributed by atoms with Gasteiger partial charge in [-0.05, 0) is 41.5 Å². The van der Waals surface area contributed by atoms with Crippen LogP contribution in [0.5, 0.6) is 0 Å². The van der Waals surface area contributed by atoms with Crippen molar-refractivity contribution in [3.63, 3.8) is 0 Å². The van der Waals surface area contributed by atoms with Crippen LogP contribution in [-0.4, -0.2) is 97.3 Å². The van der Waals surface area contributed by atoms with Crippen LogP contribution in [-0.2, 0) is 0 Å². The lowest BCUT2D eigenvalue weighted by Crippen LogP contribution is -2.47. The highest BCUT2D eigenvalue weighted by Gasteiger charge is 2.16. The normalized spacial score (nSPS) is 13.1. The molecule has 0 radical (unpaired) electrons. The predicted molar refractivity (Wildman–Crippen MR) is 126 cm³/mol. The molecule has 2 N–H and O–H groups in total. The number of nitrogens with one attached hydrogen (secondary N) is 2. The average Bonchev–Trinajstić information content (AvgIpc) is 2.56. The first-order chi connectivity index (χ1) is 13.0. The Hall–Kier alpha value is -0.200. The SMILES string of the molecule is CC(C)NCCN(CCN(CCN(CCNC(C)C)C(C)C)C(C)C)C(C)C. The van der Waals surface area contributed by atoms with E-state index in [9.17, 15) is 0 Å². The predicted octanol–water partition coefficient (Wildman–Crippen LogP) is 3.11. The van der Waals surface area contributed by atoms with Gasteiger partial charge in [0.25, 0.3) is 0 Å². The van der Waals surface area contributed by atoms with E-state index in [0.29, 0.717) is 30.2 Å². The van der Waals surface area contributed by atoms with Crippen molar-refractivity contribution in [1.82, 2.24) is 25.3 Å². The zero-order valence-electron chi connectivity index (χ0n) is 20.9. The Bertz CT molecular complexity index is 325. The molecule has 170 valence electrons. The molecule has 5 nitrogen and oxygen atoms in total. The first-order valence-electron chi connectivity index (χ1n) is 11.7. The molecule has 0 saturated carbocycles. The maximum atomic E-state index is 3.55. The second kappa shape index (κ2) is 15.6. The third kappa shape index (κ3) is 13.9. The molecule has 5 heteroatoms. The van der Waals surface area contributed by atoms with Gasteiger partial charge in [-0.3, -0.25) is 14.7 Å². The van der Waals surface area contributed by atoms with Gasteiger partial charge in [-0.2, -0.15) is 0 Å². The quantitative estimate of drug-likeness (QED) is 0.393. The molecule has 0 aliphatic heterocycles. The molecule has 0 aromatic heterocycles. The fourth-order valence-corrected chi connectivity index (χ4v) is 3.39. The summed E-state index contributed by atoms with van der Waals surface area (Å²) in [6.45, 7) is 31.8. The van der Waals surface area contributed by atoms with Crippen molar-refractivity contribution in [1.29, 1.82) is 0 Å². The van der Waals surface area contributed by atoms with Gasteiger partial charge in [0, 0.05) is 82.6 Å². The summed E-state index contributed by atoms with van der Waals surface area (Å²) in [5.74, 6) is 0. The highest BCUT2D eigenvalue weighted by Crippen LogP contribution is 2.05. The first-order valence-corrected chi connectivity index (χ1v) is 11.7. The molecule has 0 amide bonds. The highest BCUT2D eigenvalue weighted by atomic mass is 15.2. The standard InChI is InChI=1S/C23H53N5/c1-19(2)24-11-13-26(21(5)6)15-17-28(23(9)10)18-16-27(22(7)8)14-12-25-20(3)4/h19-25H,11-18H2,1-10H3. The lowest BCUT2D eigenvalue weighted by atomic mass is 10.2. The van der Waals surface area contributed by atoms with Gasteiger partial charge in [-0.25, -0.2) is 0 Å². The Labute approximate surface area is 177 Å². The van der Waals surface area contributed by atoms with Crippen LogP contribution in [0, 0.1) is 0 Å². The van der Waals surface area contributed by atoms with Gasteiger partial charge < -0.3 is 10.6 Å². The molecule has 0 aromatic rings. The van der Waals surface area contributed by atoms with Gasteiger partial charge >= 0.3 is 0 Å². The lowest BCUT2D eigenvalue weighted by Gasteiger charge is -2.35. The van der Waals surface area contributed by atoms with E-state index in [2.05, 4.69) is 94.6 Å². The molecule has 0 spiro atoms. The van der Waals surface area contributed by atoms with E-state index < -0.39 is 0 Å². The average molecular weight is 400 g/mol. The first kappa shape index (κ1) is 27.8. The van der Waals surface area contributed by atoms with Crippen molar-refractivity contribution in [3.05, 3.63) is 0 Å². The van der Waals surface area contributed by atoms with Gasteiger partial charge in [0.1, 0.15) is 0 Å². The fraction of sp³-hybridized carbons (Fsp3) is 1.00. The van der Waals surface area contributed by atoms with Crippen molar-refractivity contribution in [3.8, 4) is 0 Å². The van der Waals surface area contributed by atoms with E-state index in [1.165, 1.54) is 0 Å². The van der Waals surface area contributed by atoms with E-state index in [0.717, 1.165) is 52.4 Å². The van der Waals surface area contributed by atoms with Crippen LogP contribution in [0.3, 0.4) is 0 Å². The van der Waals surface area contributed by atoms with Crippen LogP contribution in [0.15, 0.2) is 0 Å². The summed E-state index contributed by atoms with van der Waals surface area (Å²) < 4.78 is 0. The molecule has 0 fully saturated rings. The number of rotatable bonds is 17. The summed E-state index contributed by atoms with van der Waals surface area (Å²) in [6.07, 6.45) is 0. The Balaban J connectivity index is 4.53. The van der Waals surface area contributed by atoms with Gasteiger partial charge in [-0.1, -0.05) is 27.7 Å². The van der Waals surface area contributed by atoms with Crippen molar-refractivity contribution >= 4 is 0 Å².